The minimum atomic E-state index is -0.786. The summed E-state index contributed by atoms with van der Waals surface area (Å²) in [5.74, 6) is -1.49. The third-order valence-corrected chi connectivity index (χ3v) is 11.9. The summed E-state index contributed by atoms with van der Waals surface area (Å²) in [7, 11) is 11.3. The molecule has 2 amide bonds. The van der Waals surface area contributed by atoms with Gasteiger partial charge in [0.15, 0.2) is 0 Å². The maximum atomic E-state index is 12.6. The van der Waals surface area contributed by atoms with Gasteiger partial charge in [0, 0.05) is 45.2 Å². The van der Waals surface area contributed by atoms with Crippen molar-refractivity contribution in [2.24, 2.45) is 0 Å². The summed E-state index contributed by atoms with van der Waals surface area (Å²) in [6.07, 6.45) is 26.8. The van der Waals surface area contributed by atoms with E-state index in [0.717, 1.165) is 116 Å². The molecule has 16 heteroatoms. The first-order valence-electron chi connectivity index (χ1n) is 27.8. The minimum Gasteiger partial charge on any atom is -0.460 e. The van der Waals surface area contributed by atoms with Crippen molar-refractivity contribution in [3.63, 3.8) is 0 Å². The number of hydrogen-bond donors (Lipinski definition) is 4. The molecule has 0 aliphatic carbocycles. The average Bonchev–Trinajstić information content (AvgIpc) is 3.29. The first kappa shape index (κ1) is 68.1. The number of carbonyl (C=O) groups is 6. The molecule has 4 N–H and O–H groups in total. The Morgan fingerprint density at radius 3 is 1.29 bits per heavy atom. The van der Waals surface area contributed by atoms with E-state index in [1.165, 1.54) is 0 Å². The van der Waals surface area contributed by atoms with Gasteiger partial charge in [0.2, 0.25) is 11.8 Å². The molecular formula is C56H104N4O12+2. The predicted molar refractivity (Wildman–Crippen MR) is 284 cm³/mol. The smallest absolute Gasteiger partial charge is 0.366 e. The molecule has 0 aromatic heterocycles. The van der Waals surface area contributed by atoms with Crippen molar-refractivity contribution in [2.45, 2.75) is 231 Å². The monoisotopic (exact) mass is 1020 g/mol. The molecule has 418 valence electrons. The second-order valence-electron chi connectivity index (χ2n) is 21.2. The van der Waals surface area contributed by atoms with Gasteiger partial charge < -0.3 is 39.5 Å². The van der Waals surface area contributed by atoms with Gasteiger partial charge in [0.05, 0.1) is 39.8 Å². The van der Waals surface area contributed by atoms with E-state index >= 15 is 0 Å². The molecule has 72 heavy (non-hydrogen) atoms. The molecule has 0 saturated heterocycles. The summed E-state index contributed by atoms with van der Waals surface area (Å²) >= 11 is 0. The van der Waals surface area contributed by atoms with Gasteiger partial charge in [0.25, 0.3) is 0 Å². The number of rotatable bonds is 47. The Labute approximate surface area is 435 Å². The van der Waals surface area contributed by atoms with Gasteiger partial charge >= 0.3 is 23.9 Å². The van der Waals surface area contributed by atoms with Crippen LogP contribution in [-0.2, 0) is 47.8 Å². The number of esters is 3. The normalized spacial score (nSPS) is 13.6. The van der Waals surface area contributed by atoms with Crippen molar-refractivity contribution in [1.82, 2.24) is 10.6 Å². The lowest BCUT2D eigenvalue weighted by atomic mass is 10.0. The largest absolute Gasteiger partial charge is 0.460 e. The van der Waals surface area contributed by atoms with Crippen LogP contribution in [0.15, 0.2) is 24.3 Å². The zero-order chi connectivity index (χ0) is 53.9. The second kappa shape index (κ2) is 43.5. The number of nitrogens with one attached hydrogen (secondary N) is 2. The fourth-order valence-electron chi connectivity index (χ4n) is 7.66. The highest BCUT2D eigenvalue weighted by Gasteiger charge is 2.24. The third kappa shape index (κ3) is 44.8. The second-order valence-corrected chi connectivity index (χ2v) is 21.2. The van der Waals surface area contributed by atoms with Gasteiger partial charge in [-0.05, 0) is 89.9 Å². The lowest BCUT2D eigenvalue weighted by molar-refractivity contribution is -1.04. The van der Waals surface area contributed by atoms with Crippen molar-refractivity contribution in [3.05, 3.63) is 24.3 Å². The van der Waals surface area contributed by atoms with Crippen LogP contribution in [-0.4, -0.2) is 148 Å². The SMILES string of the molecule is CCCCCC(OC(=O)CCCC(=O)OCC[N+](C)(C)C)C(O)C/C=C\CCCCCCCC(=O)NCCNC(=O)CCCCCCC/C=C\CC(O)C(CCCCC)OC(=O)CCCC(=O)O[N+](C)(C)C. The van der Waals surface area contributed by atoms with Crippen LogP contribution in [0.1, 0.15) is 206 Å². The maximum Gasteiger partial charge on any atom is 0.366 e. The summed E-state index contributed by atoms with van der Waals surface area (Å²) in [6.45, 7) is 6.09. The molecular weight excluding hydrogens is 921 g/mol. The van der Waals surface area contributed by atoms with Crippen LogP contribution >= 0.6 is 0 Å². The zero-order valence-electron chi connectivity index (χ0n) is 46.5. The molecule has 0 rings (SSSR count). The number of quaternary nitrogens is 2. The Bertz CT molecular complexity index is 1510. The fourth-order valence-corrected chi connectivity index (χ4v) is 7.66. The molecule has 4 atom stereocenters. The Kier molecular flexibility index (Phi) is 41.2. The van der Waals surface area contributed by atoms with Gasteiger partial charge in [-0.3, -0.25) is 28.8 Å². The third-order valence-electron chi connectivity index (χ3n) is 11.9. The van der Waals surface area contributed by atoms with E-state index in [-0.39, 0.29) is 54.1 Å². The summed E-state index contributed by atoms with van der Waals surface area (Å²) in [4.78, 5) is 78.8. The van der Waals surface area contributed by atoms with E-state index in [4.69, 9.17) is 19.0 Å². The number of likely N-dealkylation sites (N-methyl/N-ethyl adjacent to an activating group) is 1. The Morgan fingerprint density at radius 2 is 0.875 bits per heavy atom. The van der Waals surface area contributed by atoms with Crippen LogP contribution in [0.4, 0.5) is 0 Å². The highest BCUT2D eigenvalue weighted by Crippen LogP contribution is 2.18. The minimum absolute atomic E-state index is 0.00126. The molecule has 0 aliphatic heterocycles. The van der Waals surface area contributed by atoms with Crippen molar-refractivity contribution < 1.29 is 67.2 Å². The van der Waals surface area contributed by atoms with E-state index in [1.807, 2.05) is 33.3 Å². The topological polar surface area (TPSA) is 204 Å². The van der Waals surface area contributed by atoms with Crippen molar-refractivity contribution in [3.8, 4) is 0 Å². The van der Waals surface area contributed by atoms with Crippen molar-refractivity contribution in [1.29, 1.82) is 0 Å². The van der Waals surface area contributed by atoms with E-state index in [2.05, 4.69) is 36.6 Å². The number of unbranched alkanes of at least 4 members (excludes halogenated alkanes) is 14. The molecule has 0 bridgehead atoms. The molecule has 0 fully saturated rings. The molecule has 0 aromatic rings. The number of ether oxygens (including phenoxy) is 3. The first-order valence-corrected chi connectivity index (χ1v) is 27.8. The molecule has 0 aliphatic rings. The Balaban J connectivity index is 4.07. The fraction of sp³-hybridized carbons (Fsp3) is 0.821. The average molecular weight is 1030 g/mol. The molecule has 0 spiro atoms. The van der Waals surface area contributed by atoms with Gasteiger partial charge in [0.1, 0.15) is 46.5 Å². The molecule has 0 heterocycles. The van der Waals surface area contributed by atoms with Crippen LogP contribution in [0.5, 0.6) is 0 Å². The van der Waals surface area contributed by atoms with E-state index < -0.39 is 36.4 Å². The molecule has 0 saturated carbocycles. The van der Waals surface area contributed by atoms with Crippen LogP contribution in [0.2, 0.25) is 0 Å². The standard InChI is InChI=1S/C56H102N4O12/c1-9-11-25-35-49(70-54(66)40-31-39-53(65)69-46-45-59(3,4)5)47(61)33-27-21-17-13-15-19-23-29-37-51(63)57-43-44-58-52(64)38-30-24-20-16-14-18-22-28-34-48(62)50(36-26-12-10-2)71-55(67)41-32-42-56(68)72-60(6,7)8/h21-22,27-28,47-50,61-62H,9-20,23-26,29-46H2,1-8H3/p+2/b27-21-,28-22-. The van der Waals surface area contributed by atoms with Crippen LogP contribution in [0.25, 0.3) is 0 Å². The lowest BCUT2D eigenvalue weighted by Crippen LogP contribution is -2.38. The summed E-state index contributed by atoms with van der Waals surface area (Å²) in [5.41, 5.74) is 0. The molecule has 4 unspecified atom stereocenters. The van der Waals surface area contributed by atoms with Gasteiger partial charge in [-0.15, -0.1) is 4.65 Å². The molecule has 0 radical (unpaired) electrons. The molecule has 0 aromatic carbocycles. The summed E-state index contributed by atoms with van der Waals surface area (Å²) in [6, 6.07) is 0. The van der Waals surface area contributed by atoms with Gasteiger partial charge in [-0.25, -0.2) is 4.79 Å². The Hall–Kier alpha value is -3.86. The number of aliphatic hydroxyl groups is 2. The van der Waals surface area contributed by atoms with E-state index in [1.54, 1.807) is 21.1 Å². The summed E-state index contributed by atoms with van der Waals surface area (Å²) < 4.78 is 17.4. The van der Waals surface area contributed by atoms with Crippen molar-refractivity contribution >= 4 is 35.7 Å². The summed E-state index contributed by atoms with van der Waals surface area (Å²) in [5, 5.41) is 27.5. The highest BCUT2D eigenvalue weighted by molar-refractivity contribution is 5.77. The van der Waals surface area contributed by atoms with Crippen LogP contribution in [0, 0.1) is 0 Å². The quantitative estimate of drug-likeness (QED) is 0.0113. The van der Waals surface area contributed by atoms with Gasteiger partial charge in [-0.1, -0.05) is 102 Å². The number of allylic oxidation sites excluding steroid dienone is 2. The first-order chi connectivity index (χ1) is 34.3. The molecule has 16 nitrogen and oxygen atoms in total. The predicted octanol–water partition coefficient (Wildman–Crippen LogP) is 9.03. The zero-order valence-corrected chi connectivity index (χ0v) is 46.5. The van der Waals surface area contributed by atoms with Gasteiger partial charge in [-0.2, -0.15) is 0 Å². The lowest BCUT2D eigenvalue weighted by Gasteiger charge is -2.23. The Morgan fingerprint density at radius 1 is 0.472 bits per heavy atom. The van der Waals surface area contributed by atoms with Crippen LogP contribution in [0.3, 0.4) is 0 Å². The number of aliphatic hydroxyl groups excluding tert-OH is 2. The van der Waals surface area contributed by atoms with Crippen molar-refractivity contribution in [2.75, 3.05) is 68.5 Å². The van der Waals surface area contributed by atoms with Crippen LogP contribution < -0.4 is 10.6 Å². The number of nitrogens with zero attached hydrogens (tertiary/aromatic N) is 2. The number of hydrogen-bond acceptors (Lipinski definition) is 12. The highest BCUT2D eigenvalue weighted by atomic mass is 16.7. The number of carbonyl (C=O) groups excluding carboxylic acids is 6. The van der Waals surface area contributed by atoms with E-state index in [0.29, 0.717) is 82.1 Å². The number of hydroxylamine groups is 3. The maximum absolute atomic E-state index is 12.6. The van der Waals surface area contributed by atoms with E-state index in [9.17, 15) is 39.0 Å². The number of amides is 2.